The van der Waals surface area contributed by atoms with Crippen LogP contribution in [-0.4, -0.2) is 30.1 Å². The molecule has 1 amide bonds. The van der Waals surface area contributed by atoms with Crippen LogP contribution in [0, 0.1) is 18.7 Å². The minimum atomic E-state index is -1.07. The zero-order valence-electron chi connectivity index (χ0n) is 15.7. The van der Waals surface area contributed by atoms with Crippen molar-refractivity contribution >= 4 is 11.9 Å². The molecule has 3 atom stereocenters. The van der Waals surface area contributed by atoms with Crippen LogP contribution >= 0.6 is 0 Å². The van der Waals surface area contributed by atoms with E-state index in [1.54, 1.807) is 0 Å². The van der Waals surface area contributed by atoms with Gasteiger partial charge in [0, 0.05) is 13.2 Å². The van der Waals surface area contributed by atoms with Gasteiger partial charge in [0.25, 0.3) is 0 Å². The van der Waals surface area contributed by atoms with Crippen molar-refractivity contribution < 1.29 is 23.8 Å². The second-order valence-electron chi connectivity index (χ2n) is 7.14. The summed E-state index contributed by atoms with van der Waals surface area (Å²) < 4.78 is 19.0. The molecular formula is C22H24FNO4. The first-order valence-corrected chi connectivity index (χ1v) is 9.40. The molecule has 2 N–H and O–H groups in total. The summed E-state index contributed by atoms with van der Waals surface area (Å²) in [5.74, 6) is -3.04. The van der Waals surface area contributed by atoms with Crippen molar-refractivity contribution in [2.75, 3.05) is 13.2 Å². The lowest BCUT2D eigenvalue weighted by Gasteiger charge is -2.31. The molecule has 2 aromatic rings. The van der Waals surface area contributed by atoms with Gasteiger partial charge in [0.05, 0.1) is 17.9 Å². The molecule has 0 aliphatic carbocycles. The molecule has 1 aliphatic heterocycles. The highest BCUT2D eigenvalue weighted by Gasteiger charge is 2.33. The summed E-state index contributed by atoms with van der Waals surface area (Å²) in [4.78, 5) is 24.4. The summed E-state index contributed by atoms with van der Waals surface area (Å²) >= 11 is 0. The van der Waals surface area contributed by atoms with Crippen molar-refractivity contribution in [3.63, 3.8) is 0 Å². The predicted molar refractivity (Wildman–Crippen MR) is 102 cm³/mol. The molecular weight excluding hydrogens is 361 g/mol. The van der Waals surface area contributed by atoms with Gasteiger partial charge in [0.15, 0.2) is 0 Å². The third kappa shape index (κ3) is 4.75. The highest BCUT2D eigenvalue weighted by molar-refractivity contribution is 5.82. The van der Waals surface area contributed by atoms with Crippen molar-refractivity contribution in [1.82, 2.24) is 5.32 Å². The van der Waals surface area contributed by atoms with E-state index >= 15 is 0 Å². The second-order valence-corrected chi connectivity index (χ2v) is 7.14. The third-order valence-corrected chi connectivity index (χ3v) is 5.12. The number of carbonyl (C=O) groups excluding carboxylic acids is 1. The first kappa shape index (κ1) is 20.0. The van der Waals surface area contributed by atoms with Crippen molar-refractivity contribution in [3.8, 4) is 0 Å². The Morgan fingerprint density at radius 2 is 1.86 bits per heavy atom. The Kier molecular flexibility index (Phi) is 6.41. The maximum atomic E-state index is 13.1. The number of benzene rings is 2. The van der Waals surface area contributed by atoms with E-state index in [0.29, 0.717) is 18.6 Å². The van der Waals surface area contributed by atoms with E-state index in [9.17, 15) is 19.1 Å². The molecule has 0 saturated carbocycles. The average Bonchev–Trinajstić information content (AvgIpc) is 2.69. The molecule has 2 aromatic carbocycles. The van der Waals surface area contributed by atoms with Gasteiger partial charge in [-0.15, -0.1) is 0 Å². The number of rotatable bonds is 6. The van der Waals surface area contributed by atoms with E-state index in [-0.39, 0.29) is 24.5 Å². The Morgan fingerprint density at radius 3 is 2.50 bits per heavy atom. The average molecular weight is 385 g/mol. The van der Waals surface area contributed by atoms with Gasteiger partial charge in [-0.3, -0.25) is 9.59 Å². The monoisotopic (exact) mass is 385 g/mol. The number of aryl methyl sites for hydroxylation is 1. The van der Waals surface area contributed by atoms with Gasteiger partial charge in [0.2, 0.25) is 5.91 Å². The topological polar surface area (TPSA) is 75.6 Å². The van der Waals surface area contributed by atoms with E-state index in [4.69, 9.17) is 4.74 Å². The summed E-state index contributed by atoms with van der Waals surface area (Å²) in [5, 5.41) is 12.3. The first-order chi connectivity index (χ1) is 13.5. The summed E-state index contributed by atoms with van der Waals surface area (Å²) in [7, 11) is 0. The molecule has 1 aliphatic rings. The Hall–Kier alpha value is -2.73. The summed E-state index contributed by atoms with van der Waals surface area (Å²) in [5.41, 5.74) is 2.52. The molecule has 1 heterocycles. The van der Waals surface area contributed by atoms with E-state index in [1.165, 1.54) is 24.3 Å². The van der Waals surface area contributed by atoms with Crippen LogP contribution in [0.4, 0.5) is 4.39 Å². The molecule has 148 valence electrons. The number of nitrogens with one attached hydrogen (secondary N) is 1. The smallest absolute Gasteiger partial charge is 0.312 e. The predicted octanol–water partition coefficient (Wildman–Crippen LogP) is 3.59. The van der Waals surface area contributed by atoms with Crippen molar-refractivity contribution in [1.29, 1.82) is 0 Å². The molecule has 0 radical (unpaired) electrons. The van der Waals surface area contributed by atoms with Crippen LogP contribution in [0.5, 0.6) is 0 Å². The maximum Gasteiger partial charge on any atom is 0.312 e. The number of hydrogen-bond donors (Lipinski definition) is 2. The number of carboxylic acids is 1. The number of amides is 1. The number of carboxylic acid groups (broad SMARTS) is 1. The third-order valence-electron chi connectivity index (χ3n) is 5.12. The fourth-order valence-corrected chi connectivity index (χ4v) is 3.51. The Balaban J connectivity index is 1.69. The second kappa shape index (κ2) is 8.97. The van der Waals surface area contributed by atoms with Gasteiger partial charge < -0.3 is 15.2 Å². The highest BCUT2D eigenvalue weighted by Crippen LogP contribution is 2.34. The molecule has 0 spiro atoms. The maximum absolute atomic E-state index is 13.1. The fraction of sp³-hybridized carbons (Fsp3) is 0.364. The molecule has 1 fully saturated rings. The minimum absolute atomic E-state index is 0.0586. The van der Waals surface area contributed by atoms with Crippen LogP contribution in [0.15, 0.2) is 48.5 Å². The van der Waals surface area contributed by atoms with Crippen molar-refractivity contribution in [3.05, 3.63) is 71.0 Å². The highest BCUT2D eigenvalue weighted by atomic mass is 19.1. The molecule has 0 bridgehead atoms. The molecule has 3 rings (SSSR count). The molecule has 1 saturated heterocycles. The minimum Gasteiger partial charge on any atom is -0.481 e. The zero-order chi connectivity index (χ0) is 20.1. The standard InChI is InChI=1S/C22H24FNO4/c1-14-4-6-16(7-5-14)20-18(3-2-12-28-20)21(25)24-13-19(22(26)27)15-8-10-17(23)11-9-15/h4-11,18-20H,2-3,12-13H2,1H3,(H,24,25)(H,26,27). The normalized spacial score (nSPS) is 20.4. The van der Waals surface area contributed by atoms with Gasteiger partial charge >= 0.3 is 5.97 Å². The summed E-state index contributed by atoms with van der Waals surface area (Å²) in [6.45, 7) is 2.53. The number of ether oxygens (including phenoxy) is 1. The number of aliphatic carboxylic acids is 1. The molecule has 28 heavy (non-hydrogen) atoms. The number of carbonyl (C=O) groups is 2. The van der Waals surface area contributed by atoms with Crippen molar-refractivity contribution in [2.45, 2.75) is 31.8 Å². The SMILES string of the molecule is Cc1ccc(C2OCCCC2C(=O)NCC(C(=O)O)c2ccc(F)cc2)cc1. The van der Waals surface area contributed by atoms with Gasteiger partial charge in [-0.05, 0) is 43.0 Å². The van der Waals surface area contributed by atoms with Gasteiger partial charge in [-0.1, -0.05) is 42.0 Å². The van der Waals surface area contributed by atoms with Gasteiger partial charge in [0.1, 0.15) is 5.82 Å². The lowest BCUT2D eigenvalue weighted by atomic mass is 9.88. The van der Waals surface area contributed by atoms with Crippen LogP contribution < -0.4 is 5.32 Å². The Bertz CT molecular complexity index is 819. The summed E-state index contributed by atoms with van der Waals surface area (Å²) in [6, 6.07) is 13.2. The molecule has 5 nitrogen and oxygen atoms in total. The quantitative estimate of drug-likeness (QED) is 0.797. The lowest BCUT2D eigenvalue weighted by molar-refractivity contribution is -0.139. The Labute approximate surface area is 163 Å². The van der Waals surface area contributed by atoms with Crippen LogP contribution in [-0.2, 0) is 14.3 Å². The number of halogens is 1. The number of hydrogen-bond acceptors (Lipinski definition) is 3. The van der Waals surface area contributed by atoms with Gasteiger partial charge in [-0.2, -0.15) is 0 Å². The van der Waals surface area contributed by atoms with Crippen molar-refractivity contribution in [2.24, 2.45) is 5.92 Å². The largest absolute Gasteiger partial charge is 0.481 e. The van der Waals surface area contributed by atoms with E-state index in [0.717, 1.165) is 17.5 Å². The first-order valence-electron chi connectivity index (χ1n) is 9.40. The van der Waals surface area contributed by atoms with Crippen LogP contribution in [0.1, 0.15) is 41.6 Å². The van der Waals surface area contributed by atoms with Crippen LogP contribution in [0.25, 0.3) is 0 Å². The lowest BCUT2D eigenvalue weighted by Crippen LogP contribution is -2.40. The molecule has 0 aromatic heterocycles. The Morgan fingerprint density at radius 1 is 1.18 bits per heavy atom. The van der Waals surface area contributed by atoms with E-state index in [2.05, 4.69) is 5.32 Å². The molecule has 3 unspecified atom stereocenters. The van der Waals surface area contributed by atoms with Gasteiger partial charge in [-0.25, -0.2) is 4.39 Å². The summed E-state index contributed by atoms with van der Waals surface area (Å²) in [6.07, 6.45) is 1.11. The fourth-order valence-electron chi connectivity index (χ4n) is 3.51. The van der Waals surface area contributed by atoms with Crippen LogP contribution in [0.2, 0.25) is 0 Å². The van der Waals surface area contributed by atoms with E-state index in [1.807, 2.05) is 31.2 Å². The zero-order valence-corrected chi connectivity index (χ0v) is 15.7. The van der Waals surface area contributed by atoms with E-state index < -0.39 is 17.7 Å². The van der Waals surface area contributed by atoms with Crippen LogP contribution in [0.3, 0.4) is 0 Å². The molecule has 6 heteroatoms.